The van der Waals surface area contributed by atoms with Crippen LogP contribution in [0.3, 0.4) is 0 Å². The van der Waals surface area contributed by atoms with E-state index in [0.717, 1.165) is 17.4 Å². The lowest BCUT2D eigenvalue weighted by molar-refractivity contribution is -0.108. The summed E-state index contributed by atoms with van der Waals surface area (Å²) < 4.78 is 10.6. The quantitative estimate of drug-likeness (QED) is 0.758. The van der Waals surface area contributed by atoms with Crippen LogP contribution in [0.25, 0.3) is 0 Å². The first-order valence-corrected chi connectivity index (χ1v) is 5.79. The highest BCUT2D eigenvalue weighted by atomic mass is 35.5. The summed E-state index contributed by atoms with van der Waals surface area (Å²) in [6, 6.07) is 1.83. The third kappa shape index (κ3) is 2.72. The number of methoxy groups -OCH3 is 2. The summed E-state index contributed by atoms with van der Waals surface area (Å²) >= 11 is 6.09. The zero-order chi connectivity index (χ0) is 13.0. The zero-order valence-electron chi connectivity index (χ0n) is 10.5. The number of carbonyl (C=O) groups is 1. The molecule has 1 aromatic carbocycles. The highest BCUT2D eigenvalue weighted by Gasteiger charge is 2.20. The summed E-state index contributed by atoms with van der Waals surface area (Å²) in [5.74, 6) is 1.22. The molecule has 0 radical (unpaired) electrons. The summed E-state index contributed by atoms with van der Waals surface area (Å²) in [6.45, 7) is 3.93. The number of carbonyl (C=O) groups excluding carboxylic acids is 1. The van der Waals surface area contributed by atoms with Gasteiger partial charge in [0.2, 0.25) is 0 Å². The van der Waals surface area contributed by atoms with Crippen LogP contribution >= 0.6 is 11.6 Å². The summed E-state index contributed by atoms with van der Waals surface area (Å²) in [5, 5.41) is 0.518. The number of hydrogen-bond acceptors (Lipinski definition) is 3. The monoisotopic (exact) mass is 256 g/mol. The molecule has 94 valence electrons. The first kappa shape index (κ1) is 13.8. The number of benzene rings is 1. The molecule has 1 unspecified atom stereocenters. The summed E-state index contributed by atoms with van der Waals surface area (Å²) in [5.41, 5.74) is 1.97. The molecule has 0 N–H and O–H groups in total. The first-order chi connectivity index (χ1) is 8.06. The van der Waals surface area contributed by atoms with Gasteiger partial charge in [0.25, 0.3) is 0 Å². The number of aldehydes is 1. The third-order valence-electron chi connectivity index (χ3n) is 2.79. The normalized spacial score (nSPS) is 12.1. The van der Waals surface area contributed by atoms with Crippen molar-refractivity contribution in [2.24, 2.45) is 0 Å². The Hall–Kier alpha value is -1.22. The van der Waals surface area contributed by atoms with Crippen molar-refractivity contribution in [3.05, 3.63) is 22.2 Å². The lowest BCUT2D eigenvalue weighted by Crippen LogP contribution is -2.04. The van der Waals surface area contributed by atoms with Crippen LogP contribution in [0.5, 0.6) is 11.5 Å². The summed E-state index contributed by atoms with van der Waals surface area (Å²) in [7, 11) is 3.12. The van der Waals surface area contributed by atoms with Gasteiger partial charge in [0.05, 0.1) is 19.2 Å². The maximum atomic E-state index is 10.6. The van der Waals surface area contributed by atoms with Crippen LogP contribution in [0.4, 0.5) is 0 Å². The molecule has 0 bridgehead atoms. The predicted molar refractivity (Wildman–Crippen MR) is 68.4 cm³/mol. The number of hydrogen-bond donors (Lipinski definition) is 0. The van der Waals surface area contributed by atoms with Crippen LogP contribution < -0.4 is 9.47 Å². The average molecular weight is 257 g/mol. The molecule has 4 heteroatoms. The molecule has 1 rings (SSSR count). The van der Waals surface area contributed by atoms with Gasteiger partial charge in [-0.25, -0.2) is 0 Å². The summed E-state index contributed by atoms with van der Waals surface area (Å²) in [6.07, 6.45) is 1.35. The van der Waals surface area contributed by atoms with Crippen molar-refractivity contribution < 1.29 is 14.3 Å². The molecule has 1 atom stereocenters. The van der Waals surface area contributed by atoms with E-state index in [1.165, 1.54) is 0 Å². The van der Waals surface area contributed by atoms with E-state index >= 15 is 0 Å². The Labute approximate surface area is 107 Å². The minimum absolute atomic E-state index is 0.0774. The standard InChI is InChI=1S/C13H17ClO3/c1-8(5-6-15)11-9(2)7-10(14)12(16-3)13(11)17-4/h6-8H,5H2,1-4H3. The Kier molecular flexibility index (Phi) is 4.82. The second-order valence-corrected chi connectivity index (χ2v) is 4.37. The van der Waals surface area contributed by atoms with Crippen molar-refractivity contribution in [1.82, 2.24) is 0 Å². The van der Waals surface area contributed by atoms with Crippen molar-refractivity contribution in [2.75, 3.05) is 14.2 Å². The second-order valence-electron chi connectivity index (χ2n) is 3.96. The summed E-state index contributed by atoms with van der Waals surface area (Å²) in [4.78, 5) is 10.6. The molecule has 0 aliphatic rings. The fourth-order valence-electron chi connectivity index (χ4n) is 2.01. The number of ether oxygens (including phenoxy) is 2. The fourth-order valence-corrected chi connectivity index (χ4v) is 2.34. The molecule has 0 heterocycles. The van der Waals surface area contributed by atoms with E-state index in [1.54, 1.807) is 14.2 Å². The van der Waals surface area contributed by atoms with Crippen molar-refractivity contribution in [3.8, 4) is 11.5 Å². The lowest BCUT2D eigenvalue weighted by atomic mass is 9.92. The predicted octanol–water partition coefficient (Wildman–Crippen LogP) is 3.36. The largest absolute Gasteiger partial charge is 0.492 e. The molecular weight excluding hydrogens is 240 g/mol. The molecule has 0 saturated heterocycles. The fraction of sp³-hybridized carbons (Fsp3) is 0.462. The van der Waals surface area contributed by atoms with Crippen LogP contribution in [-0.4, -0.2) is 20.5 Å². The highest BCUT2D eigenvalue weighted by molar-refractivity contribution is 6.32. The van der Waals surface area contributed by atoms with E-state index in [2.05, 4.69) is 0 Å². The molecule has 0 amide bonds. The van der Waals surface area contributed by atoms with Crippen molar-refractivity contribution in [1.29, 1.82) is 0 Å². The third-order valence-corrected chi connectivity index (χ3v) is 3.07. The van der Waals surface area contributed by atoms with Crippen LogP contribution in [0, 0.1) is 6.92 Å². The Morgan fingerprint density at radius 3 is 2.41 bits per heavy atom. The average Bonchev–Trinajstić information content (AvgIpc) is 2.28. The van der Waals surface area contributed by atoms with E-state index in [9.17, 15) is 4.79 Å². The Morgan fingerprint density at radius 1 is 1.35 bits per heavy atom. The molecule has 17 heavy (non-hydrogen) atoms. The molecule has 3 nitrogen and oxygen atoms in total. The van der Waals surface area contributed by atoms with Crippen molar-refractivity contribution in [2.45, 2.75) is 26.2 Å². The van der Waals surface area contributed by atoms with Crippen molar-refractivity contribution in [3.63, 3.8) is 0 Å². The van der Waals surface area contributed by atoms with E-state index in [0.29, 0.717) is 22.9 Å². The van der Waals surface area contributed by atoms with Gasteiger partial charge >= 0.3 is 0 Å². The van der Waals surface area contributed by atoms with E-state index < -0.39 is 0 Å². The molecule has 0 spiro atoms. The number of halogens is 1. The molecular formula is C13H17ClO3. The first-order valence-electron chi connectivity index (χ1n) is 5.41. The smallest absolute Gasteiger partial charge is 0.179 e. The maximum absolute atomic E-state index is 10.6. The molecule has 1 aromatic rings. The van der Waals surface area contributed by atoms with Crippen molar-refractivity contribution >= 4 is 17.9 Å². The van der Waals surface area contributed by atoms with Gasteiger partial charge in [0.1, 0.15) is 6.29 Å². The van der Waals surface area contributed by atoms with Gasteiger partial charge in [-0.3, -0.25) is 0 Å². The minimum atomic E-state index is 0.0774. The van der Waals surface area contributed by atoms with Crippen LogP contribution in [0.2, 0.25) is 5.02 Å². The second kappa shape index (κ2) is 5.92. The molecule has 0 aliphatic carbocycles. The number of rotatable bonds is 5. The van der Waals surface area contributed by atoms with Gasteiger partial charge in [-0.1, -0.05) is 18.5 Å². The Bertz CT molecular complexity index is 416. The van der Waals surface area contributed by atoms with Crippen LogP contribution in [0.15, 0.2) is 6.07 Å². The van der Waals surface area contributed by atoms with Gasteiger partial charge < -0.3 is 14.3 Å². The van der Waals surface area contributed by atoms with Gasteiger partial charge in [-0.2, -0.15) is 0 Å². The topological polar surface area (TPSA) is 35.5 Å². The molecule has 0 aromatic heterocycles. The zero-order valence-corrected chi connectivity index (χ0v) is 11.3. The molecule has 0 aliphatic heterocycles. The Morgan fingerprint density at radius 2 is 1.94 bits per heavy atom. The molecule has 0 fully saturated rings. The van der Waals surface area contributed by atoms with Crippen LogP contribution in [-0.2, 0) is 4.79 Å². The number of aryl methyl sites for hydroxylation is 1. The Balaban J connectivity index is 3.41. The lowest BCUT2D eigenvalue weighted by Gasteiger charge is -2.20. The highest BCUT2D eigenvalue weighted by Crippen LogP contribution is 2.43. The maximum Gasteiger partial charge on any atom is 0.179 e. The van der Waals surface area contributed by atoms with Gasteiger partial charge in [0.15, 0.2) is 11.5 Å². The van der Waals surface area contributed by atoms with Gasteiger partial charge in [0, 0.05) is 12.0 Å². The molecule has 0 saturated carbocycles. The van der Waals surface area contributed by atoms with E-state index in [1.807, 2.05) is 19.9 Å². The minimum Gasteiger partial charge on any atom is -0.492 e. The van der Waals surface area contributed by atoms with E-state index in [-0.39, 0.29) is 5.92 Å². The van der Waals surface area contributed by atoms with Gasteiger partial charge in [-0.15, -0.1) is 0 Å². The van der Waals surface area contributed by atoms with Gasteiger partial charge in [-0.05, 0) is 24.5 Å². The SMILES string of the molecule is COc1c(Cl)cc(C)c(C(C)CC=O)c1OC. The van der Waals surface area contributed by atoms with Crippen LogP contribution in [0.1, 0.15) is 30.4 Å². The van der Waals surface area contributed by atoms with E-state index in [4.69, 9.17) is 21.1 Å².